The first-order valence-corrected chi connectivity index (χ1v) is 10.7. The van der Waals surface area contributed by atoms with Crippen molar-refractivity contribution in [3.8, 4) is 0 Å². The van der Waals surface area contributed by atoms with E-state index in [0.717, 1.165) is 56.5 Å². The molecule has 0 amide bonds. The lowest BCUT2D eigenvalue weighted by Crippen LogP contribution is -2.47. The molecule has 1 aromatic carbocycles. The molecule has 0 aliphatic carbocycles. The molecule has 0 radical (unpaired) electrons. The monoisotopic (exact) mass is 409 g/mol. The molecule has 1 unspecified atom stereocenters. The highest BCUT2D eigenvalue weighted by atomic mass is 16.5. The van der Waals surface area contributed by atoms with Gasteiger partial charge in [0.15, 0.2) is 11.8 Å². The second kappa shape index (κ2) is 9.30. The fourth-order valence-electron chi connectivity index (χ4n) is 4.12. The summed E-state index contributed by atoms with van der Waals surface area (Å²) in [4.78, 5) is 12.7. The normalized spacial score (nSPS) is 16.6. The van der Waals surface area contributed by atoms with E-state index < -0.39 is 0 Å². The summed E-state index contributed by atoms with van der Waals surface area (Å²) in [6, 6.07) is 6.66. The van der Waals surface area contributed by atoms with Gasteiger partial charge in [0.05, 0.1) is 6.54 Å². The Labute approximate surface area is 177 Å². The lowest BCUT2D eigenvalue weighted by molar-refractivity contribution is 0.177. The quantitative estimate of drug-likeness (QED) is 0.411. The fourth-order valence-corrected chi connectivity index (χ4v) is 4.12. The number of nitrogens with one attached hydrogen (secondary N) is 3. The van der Waals surface area contributed by atoms with Gasteiger partial charge in [0, 0.05) is 49.8 Å². The summed E-state index contributed by atoms with van der Waals surface area (Å²) < 4.78 is 7.15. The molecule has 160 valence electrons. The number of H-pyrrole nitrogens is 1. The Balaban J connectivity index is 1.39. The van der Waals surface area contributed by atoms with Crippen molar-refractivity contribution >= 4 is 16.9 Å². The van der Waals surface area contributed by atoms with Crippen LogP contribution in [0.2, 0.25) is 0 Å². The van der Waals surface area contributed by atoms with Gasteiger partial charge in [0.1, 0.15) is 12.4 Å². The number of hydrogen-bond acceptors (Lipinski definition) is 4. The van der Waals surface area contributed by atoms with Gasteiger partial charge in [-0.3, -0.25) is 4.99 Å². The van der Waals surface area contributed by atoms with Gasteiger partial charge in [-0.05, 0) is 43.9 Å². The topological polar surface area (TPSA) is 92.2 Å². The minimum absolute atomic E-state index is 0.280. The molecule has 8 nitrogen and oxygen atoms in total. The number of ether oxygens (including phenoxy) is 1. The molecule has 0 saturated carbocycles. The number of aromatic nitrogens is 4. The molecule has 0 spiro atoms. The van der Waals surface area contributed by atoms with Gasteiger partial charge in [-0.15, -0.1) is 0 Å². The number of nitrogens with zero attached hydrogens (tertiary/aromatic N) is 4. The molecular formula is C22H31N7O. The Bertz CT molecular complexity index is 1020. The highest BCUT2D eigenvalue weighted by molar-refractivity contribution is 5.86. The van der Waals surface area contributed by atoms with Crippen molar-refractivity contribution in [1.82, 2.24) is 30.4 Å². The third-order valence-electron chi connectivity index (χ3n) is 5.51. The van der Waals surface area contributed by atoms with Crippen molar-refractivity contribution in [3.63, 3.8) is 0 Å². The van der Waals surface area contributed by atoms with Crippen LogP contribution in [0.4, 0.5) is 0 Å². The van der Waals surface area contributed by atoms with Gasteiger partial charge >= 0.3 is 0 Å². The van der Waals surface area contributed by atoms with Crippen LogP contribution in [-0.4, -0.2) is 51.9 Å². The zero-order valence-electron chi connectivity index (χ0n) is 18.0. The summed E-state index contributed by atoms with van der Waals surface area (Å²) in [6.07, 6.45) is 4.93. The highest BCUT2D eigenvalue weighted by Gasteiger charge is 2.22. The molecule has 2 aromatic heterocycles. The number of aryl methyl sites for hydroxylation is 2. The third-order valence-corrected chi connectivity index (χ3v) is 5.51. The minimum atomic E-state index is 0.280. The third kappa shape index (κ3) is 4.48. The van der Waals surface area contributed by atoms with Crippen LogP contribution in [0, 0.1) is 6.92 Å². The van der Waals surface area contributed by atoms with Crippen molar-refractivity contribution in [2.24, 2.45) is 4.99 Å². The summed E-state index contributed by atoms with van der Waals surface area (Å²) in [7, 11) is 1.67. The molecule has 4 rings (SSSR count). The van der Waals surface area contributed by atoms with Crippen LogP contribution in [0.25, 0.3) is 10.9 Å². The minimum Gasteiger partial charge on any atom is -0.377 e. The predicted octanol–water partition coefficient (Wildman–Crippen LogP) is 2.33. The van der Waals surface area contributed by atoms with E-state index >= 15 is 0 Å². The lowest BCUT2D eigenvalue weighted by Gasteiger charge is -2.25. The number of guanidine groups is 1. The number of methoxy groups -OCH3 is 1. The molecular weight excluding hydrogens is 378 g/mol. The summed E-state index contributed by atoms with van der Waals surface area (Å²) in [5.41, 5.74) is 3.81. The van der Waals surface area contributed by atoms with E-state index in [2.05, 4.69) is 63.9 Å². The van der Waals surface area contributed by atoms with Gasteiger partial charge in [0.2, 0.25) is 0 Å². The van der Waals surface area contributed by atoms with Gasteiger partial charge in [-0.25, -0.2) is 9.67 Å². The van der Waals surface area contributed by atoms with Gasteiger partial charge in [-0.1, -0.05) is 12.1 Å². The molecule has 0 fully saturated rings. The molecule has 30 heavy (non-hydrogen) atoms. The van der Waals surface area contributed by atoms with Crippen molar-refractivity contribution in [2.75, 3.05) is 20.2 Å². The summed E-state index contributed by atoms with van der Waals surface area (Å²) >= 11 is 0. The maximum Gasteiger partial charge on any atom is 0.191 e. The Kier molecular flexibility index (Phi) is 6.32. The summed E-state index contributed by atoms with van der Waals surface area (Å²) in [5, 5.41) is 12.8. The molecule has 8 heteroatoms. The van der Waals surface area contributed by atoms with Crippen LogP contribution in [0.5, 0.6) is 0 Å². The van der Waals surface area contributed by atoms with Crippen LogP contribution < -0.4 is 10.6 Å². The van der Waals surface area contributed by atoms with E-state index in [1.54, 1.807) is 7.11 Å². The molecule has 1 aliphatic heterocycles. The molecule has 0 bridgehead atoms. The smallest absolute Gasteiger partial charge is 0.191 e. The van der Waals surface area contributed by atoms with Crippen molar-refractivity contribution in [1.29, 1.82) is 0 Å². The fraction of sp³-hybridized carbons (Fsp3) is 0.500. The molecule has 3 N–H and O–H groups in total. The first kappa shape index (κ1) is 20.4. The molecule has 1 aliphatic rings. The first-order chi connectivity index (χ1) is 14.7. The Morgan fingerprint density at radius 1 is 1.40 bits per heavy atom. The maximum atomic E-state index is 5.15. The predicted molar refractivity (Wildman–Crippen MR) is 119 cm³/mol. The Hall–Kier alpha value is -2.87. The van der Waals surface area contributed by atoms with Crippen molar-refractivity contribution in [2.45, 2.75) is 52.3 Å². The molecule has 0 saturated heterocycles. The van der Waals surface area contributed by atoms with E-state index in [4.69, 9.17) is 9.73 Å². The largest absolute Gasteiger partial charge is 0.377 e. The number of aliphatic imine (C=N–C) groups is 1. The second-order valence-corrected chi connectivity index (χ2v) is 7.76. The van der Waals surface area contributed by atoms with E-state index in [1.165, 1.54) is 22.0 Å². The lowest BCUT2D eigenvalue weighted by atomic mass is 10.1. The van der Waals surface area contributed by atoms with E-state index in [9.17, 15) is 0 Å². The number of hydrogen-bond donors (Lipinski definition) is 3. The average molecular weight is 410 g/mol. The second-order valence-electron chi connectivity index (χ2n) is 7.76. The summed E-state index contributed by atoms with van der Waals surface area (Å²) in [6.45, 7) is 7.06. The van der Waals surface area contributed by atoms with E-state index in [0.29, 0.717) is 6.61 Å². The number of rotatable bonds is 7. The zero-order chi connectivity index (χ0) is 20.9. The van der Waals surface area contributed by atoms with Gasteiger partial charge in [0.25, 0.3) is 0 Å². The number of fused-ring (bicyclic) bond motifs is 2. The zero-order valence-corrected chi connectivity index (χ0v) is 18.0. The molecule has 3 aromatic rings. The van der Waals surface area contributed by atoms with Crippen LogP contribution in [0.15, 0.2) is 29.4 Å². The van der Waals surface area contributed by atoms with Crippen LogP contribution in [-0.2, 0) is 30.7 Å². The highest BCUT2D eigenvalue weighted by Crippen LogP contribution is 2.22. The maximum absolute atomic E-state index is 5.15. The van der Waals surface area contributed by atoms with Crippen LogP contribution in [0.1, 0.15) is 36.1 Å². The van der Waals surface area contributed by atoms with Gasteiger partial charge < -0.3 is 20.4 Å². The van der Waals surface area contributed by atoms with Crippen molar-refractivity contribution < 1.29 is 4.74 Å². The van der Waals surface area contributed by atoms with Crippen LogP contribution in [0.3, 0.4) is 0 Å². The average Bonchev–Trinajstić information content (AvgIpc) is 3.32. The standard InChI is InChI=1S/C22H31N7O/c1-4-23-22(24-11-10-16-12-25-18-7-5-6-15(2)21(16)18)26-17-8-9-20-27-19(14-30-3)28-29(20)13-17/h5-7,12,17,25H,4,8-11,13-14H2,1-3H3,(H2,23,24,26). The number of benzene rings is 1. The molecule has 3 heterocycles. The summed E-state index contributed by atoms with van der Waals surface area (Å²) in [5.74, 6) is 2.65. The Morgan fingerprint density at radius 2 is 2.30 bits per heavy atom. The first-order valence-electron chi connectivity index (χ1n) is 10.7. The Morgan fingerprint density at radius 3 is 3.13 bits per heavy atom. The van der Waals surface area contributed by atoms with Crippen molar-refractivity contribution in [3.05, 3.63) is 47.2 Å². The molecule has 1 atom stereocenters. The van der Waals surface area contributed by atoms with Gasteiger partial charge in [-0.2, -0.15) is 5.10 Å². The number of aromatic amines is 1. The van der Waals surface area contributed by atoms with E-state index in [-0.39, 0.29) is 6.04 Å². The van der Waals surface area contributed by atoms with E-state index in [1.807, 2.05) is 4.68 Å². The van der Waals surface area contributed by atoms with Crippen LogP contribution >= 0.6 is 0 Å². The SMILES string of the molecule is CCNC(=NCCc1c[nH]c2cccc(C)c12)NC1CCc2nc(COC)nn2C1.